The molecule has 1 spiro atoms. The first kappa shape index (κ1) is 16.6. The molecule has 2 aromatic rings. The lowest BCUT2D eigenvalue weighted by Gasteiger charge is -2.37. The van der Waals surface area contributed by atoms with E-state index in [9.17, 15) is 9.18 Å². The number of halogens is 1. The van der Waals surface area contributed by atoms with Crippen LogP contribution in [0.15, 0.2) is 59.8 Å². The van der Waals surface area contributed by atoms with E-state index in [1.165, 1.54) is 6.07 Å². The minimum absolute atomic E-state index is 0.199. The summed E-state index contributed by atoms with van der Waals surface area (Å²) in [5, 5.41) is 6.92. The third-order valence-corrected chi connectivity index (χ3v) is 5.02. The highest BCUT2D eigenvalue weighted by molar-refractivity contribution is 6.01. The lowest BCUT2D eigenvalue weighted by Crippen LogP contribution is -2.48. The van der Waals surface area contributed by atoms with Crippen LogP contribution in [0.2, 0.25) is 0 Å². The second-order valence-corrected chi connectivity index (χ2v) is 6.75. The Morgan fingerprint density at radius 2 is 1.77 bits per heavy atom. The maximum Gasteiger partial charge on any atom is 0.321 e. The van der Waals surface area contributed by atoms with Crippen molar-refractivity contribution in [1.29, 1.82) is 0 Å². The molecule has 2 aliphatic rings. The van der Waals surface area contributed by atoms with Gasteiger partial charge in [-0.2, -0.15) is 0 Å². The predicted octanol–water partition coefficient (Wildman–Crippen LogP) is 4.02. The molecule has 0 bridgehead atoms. The van der Waals surface area contributed by atoms with Gasteiger partial charge in [-0.15, -0.1) is 0 Å². The van der Waals surface area contributed by atoms with Gasteiger partial charge in [0.1, 0.15) is 11.4 Å². The summed E-state index contributed by atoms with van der Waals surface area (Å²) in [6.07, 6.45) is 2.16. The molecule has 2 amide bonds. The molecular weight excluding hydrogens is 333 g/mol. The number of nitrogens with zero attached hydrogens (tertiary/aromatic N) is 2. The van der Waals surface area contributed by atoms with Gasteiger partial charge < -0.3 is 15.1 Å². The van der Waals surface area contributed by atoms with Crippen LogP contribution >= 0.6 is 0 Å². The van der Waals surface area contributed by atoms with Gasteiger partial charge in [-0.1, -0.05) is 47.6 Å². The number of amides is 2. The number of piperidine rings is 1. The zero-order valence-electron chi connectivity index (χ0n) is 14.3. The summed E-state index contributed by atoms with van der Waals surface area (Å²) in [5.74, 6) is -0.436. The molecule has 5 nitrogen and oxygen atoms in total. The molecule has 0 aliphatic carbocycles. The number of benzene rings is 2. The average molecular weight is 353 g/mol. The minimum atomic E-state index is -0.436. The van der Waals surface area contributed by atoms with E-state index in [-0.39, 0.29) is 17.3 Å². The summed E-state index contributed by atoms with van der Waals surface area (Å²) in [5.41, 5.74) is 1.89. The van der Waals surface area contributed by atoms with Crippen molar-refractivity contribution in [3.63, 3.8) is 0 Å². The van der Waals surface area contributed by atoms with Crippen LogP contribution in [0, 0.1) is 5.82 Å². The number of carbonyl (C=O) groups excluding carboxylic acids is 1. The Kier molecular flexibility index (Phi) is 4.32. The second-order valence-electron chi connectivity index (χ2n) is 6.75. The van der Waals surface area contributed by atoms with E-state index in [1.807, 2.05) is 30.3 Å². The Morgan fingerprint density at radius 1 is 1.08 bits per heavy atom. The average Bonchev–Trinajstić information content (AvgIpc) is 3.08. The standard InChI is InChI=1S/C20H20FN3O2/c21-16-8-4-5-9-17(16)22-19(25)24-12-10-20(11-13-24)14-18(23-26-20)15-6-2-1-3-7-15/h1-9H,10-14H2,(H,22,25). The molecule has 134 valence electrons. The molecule has 4 rings (SSSR count). The largest absolute Gasteiger partial charge is 0.388 e. The van der Waals surface area contributed by atoms with Crippen LogP contribution in [0.3, 0.4) is 0 Å². The van der Waals surface area contributed by atoms with Gasteiger partial charge in [0.15, 0.2) is 0 Å². The van der Waals surface area contributed by atoms with E-state index in [0.717, 1.165) is 17.7 Å². The molecule has 2 aromatic carbocycles. The highest BCUT2D eigenvalue weighted by Crippen LogP contribution is 2.36. The Bertz CT molecular complexity index is 830. The van der Waals surface area contributed by atoms with Crippen LogP contribution in [-0.4, -0.2) is 35.3 Å². The number of urea groups is 1. The summed E-state index contributed by atoms with van der Waals surface area (Å²) < 4.78 is 13.7. The first-order chi connectivity index (χ1) is 12.7. The monoisotopic (exact) mass is 353 g/mol. The molecule has 0 atom stereocenters. The SMILES string of the molecule is O=C(Nc1ccccc1F)N1CCC2(CC1)CC(c1ccccc1)=NO2. The molecule has 0 aromatic heterocycles. The van der Waals surface area contributed by atoms with Gasteiger partial charge in [0.05, 0.1) is 11.4 Å². The number of anilines is 1. The summed E-state index contributed by atoms with van der Waals surface area (Å²) in [6.45, 7) is 1.11. The molecule has 0 unspecified atom stereocenters. The molecule has 2 aliphatic heterocycles. The van der Waals surface area contributed by atoms with Gasteiger partial charge in [0, 0.05) is 32.4 Å². The van der Waals surface area contributed by atoms with Crippen LogP contribution in [0.4, 0.5) is 14.9 Å². The van der Waals surface area contributed by atoms with Crippen molar-refractivity contribution < 1.29 is 14.0 Å². The normalized spacial score (nSPS) is 18.3. The number of likely N-dealkylation sites (tertiary alicyclic amines) is 1. The minimum Gasteiger partial charge on any atom is -0.388 e. The topological polar surface area (TPSA) is 53.9 Å². The van der Waals surface area contributed by atoms with Gasteiger partial charge in [-0.25, -0.2) is 9.18 Å². The highest BCUT2D eigenvalue weighted by atomic mass is 19.1. The Balaban J connectivity index is 1.35. The van der Waals surface area contributed by atoms with Crippen LogP contribution in [0.25, 0.3) is 0 Å². The van der Waals surface area contributed by atoms with Gasteiger partial charge in [-0.3, -0.25) is 0 Å². The van der Waals surface area contributed by atoms with Gasteiger partial charge in [-0.05, 0) is 17.7 Å². The summed E-state index contributed by atoms with van der Waals surface area (Å²) >= 11 is 0. The van der Waals surface area contributed by atoms with Crippen LogP contribution in [-0.2, 0) is 4.84 Å². The first-order valence-corrected chi connectivity index (χ1v) is 8.76. The Morgan fingerprint density at radius 3 is 2.50 bits per heavy atom. The molecule has 1 saturated heterocycles. The van der Waals surface area contributed by atoms with Crippen molar-refractivity contribution in [2.24, 2.45) is 5.16 Å². The fourth-order valence-corrected chi connectivity index (χ4v) is 3.45. The van der Waals surface area contributed by atoms with E-state index >= 15 is 0 Å². The highest BCUT2D eigenvalue weighted by Gasteiger charge is 2.43. The molecule has 1 N–H and O–H groups in total. The van der Waals surface area contributed by atoms with E-state index in [0.29, 0.717) is 25.9 Å². The lowest BCUT2D eigenvalue weighted by atomic mass is 9.85. The first-order valence-electron chi connectivity index (χ1n) is 8.76. The van der Waals surface area contributed by atoms with Crippen molar-refractivity contribution in [2.45, 2.75) is 24.9 Å². The van der Waals surface area contributed by atoms with Crippen molar-refractivity contribution in [2.75, 3.05) is 18.4 Å². The smallest absolute Gasteiger partial charge is 0.321 e. The molecule has 0 saturated carbocycles. The number of para-hydroxylation sites is 1. The Hall–Kier alpha value is -2.89. The summed E-state index contributed by atoms with van der Waals surface area (Å²) in [4.78, 5) is 19.9. The number of rotatable bonds is 2. The van der Waals surface area contributed by atoms with Crippen molar-refractivity contribution in [3.8, 4) is 0 Å². The van der Waals surface area contributed by atoms with Crippen LogP contribution in [0.5, 0.6) is 0 Å². The maximum absolute atomic E-state index is 13.7. The zero-order chi connectivity index (χ0) is 18.0. The third kappa shape index (κ3) is 3.27. The maximum atomic E-state index is 13.7. The van der Waals surface area contributed by atoms with Crippen LogP contribution in [0.1, 0.15) is 24.8 Å². The number of nitrogens with one attached hydrogen (secondary N) is 1. The zero-order valence-corrected chi connectivity index (χ0v) is 14.3. The van der Waals surface area contributed by atoms with E-state index < -0.39 is 5.82 Å². The number of hydrogen-bond donors (Lipinski definition) is 1. The van der Waals surface area contributed by atoms with Crippen molar-refractivity contribution in [1.82, 2.24) is 4.90 Å². The quantitative estimate of drug-likeness (QED) is 0.887. The summed E-state index contributed by atoms with van der Waals surface area (Å²) in [6, 6.07) is 15.9. The Labute approximate surface area is 151 Å². The lowest BCUT2D eigenvalue weighted by molar-refractivity contribution is -0.0544. The van der Waals surface area contributed by atoms with E-state index in [4.69, 9.17) is 4.84 Å². The van der Waals surface area contributed by atoms with Crippen molar-refractivity contribution >= 4 is 17.4 Å². The predicted molar refractivity (Wildman–Crippen MR) is 97.6 cm³/mol. The van der Waals surface area contributed by atoms with Gasteiger partial charge >= 0.3 is 6.03 Å². The molecular formula is C20H20FN3O2. The van der Waals surface area contributed by atoms with E-state index in [1.54, 1.807) is 23.1 Å². The number of carbonyl (C=O) groups is 1. The second kappa shape index (κ2) is 6.78. The molecule has 26 heavy (non-hydrogen) atoms. The van der Waals surface area contributed by atoms with Gasteiger partial charge in [0.25, 0.3) is 0 Å². The fourth-order valence-electron chi connectivity index (χ4n) is 3.45. The van der Waals surface area contributed by atoms with Crippen molar-refractivity contribution in [3.05, 3.63) is 66.0 Å². The molecule has 2 heterocycles. The number of oxime groups is 1. The third-order valence-electron chi connectivity index (χ3n) is 5.02. The van der Waals surface area contributed by atoms with E-state index in [2.05, 4.69) is 10.5 Å². The number of hydrogen-bond acceptors (Lipinski definition) is 3. The molecule has 6 heteroatoms. The van der Waals surface area contributed by atoms with Gasteiger partial charge in [0.2, 0.25) is 0 Å². The van der Waals surface area contributed by atoms with Crippen LogP contribution < -0.4 is 5.32 Å². The fraction of sp³-hybridized carbons (Fsp3) is 0.300. The molecule has 1 fully saturated rings. The molecule has 0 radical (unpaired) electrons. The summed E-state index contributed by atoms with van der Waals surface area (Å²) in [7, 11) is 0.